The van der Waals surface area contributed by atoms with Crippen LogP contribution in [0.15, 0.2) is 30.5 Å². The molecule has 6 nitrogen and oxygen atoms in total. The first-order valence-corrected chi connectivity index (χ1v) is 8.67. The lowest BCUT2D eigenvalue weighted by molar-refractivity contribution is -0.126. The van der Waals surface area contributed by atoms with E-state index in [-0.39, 0.29) is 11.8 Å². The summed E-state index contributed by atoms with van der Waals surface area (Å²) in [6.45, 7) is 4.52. The molecule has 1 aromatic carbocycles. The average Bonchev–Trinajstić information content (AvgIpc) is 3.02. The fraction of sp³-hybridized carbons (Fsp3) is 0.421. The second kappa shape index (κ2) is 7.09. The molecule has 1 fully saturated rings. The van der Waals surface area contributed by atoms with E-state index in [1.165, 1.54) is 5.56 Å². The van der Waals surface area contributed by atoms with Gasteiger partial charge in [0.05, 0.1) is 23.1 Å². The molecule has 2 aromatic rings. The van der Waals surface area contributed by atoms with Gasteiger partial charge < -0.3 is 10.2 Å². The van der Waals surface area contributed by atoms with Gasteiger partial charge in [-0.3, -0.25) is 9.59 Å². The van der Waals surface area contributed by atoms with Crippen molar-refractivity contribution in [2.75, 3.05) is 13.6 Å². The highest BCUT2D eigenvalue weighted by Gasteiger charge is 2.33. The van der Waals surface area contributed by atoms with Crippen LogP contribution < -0.4 is 5.32 Å². The fourth-order valence-electron chi connectivity index (χ4n) is 3.33. The molecule has 2 amide bonds. The van der Waals surface area contributed by atoms with Gasteiger partial charge in [0.1, 0.15) is 6.04 Å². The zero-order valence-corrected chi connectivity index (χ0v) is 15.0. The lowest BCUT2D eigenvalue weighted by atomic mass is 10.00. The molecule has 1 N–H and O–H groups in total. The van der Waals surface area contributed by atoms with Crippen molar-refractivity contribution >= 4 is 11.8 Å². The summed E-state index contributed by atoms with van der Waals surface area (Å²) in [4.78, 5) is 26.9. The Labute approximate surface area is 147 Å². The molecule has 0 aliphatic carbocycles. The van der Waals surface area contributed by atoms with Crippen molar-refractivity contribution in [1.29, 1.82) is 0 Å². The van der Waals surface area contributed by atoms with Crippen LogP contribution in [0.4, 0.5) is 0 Å². The second-order valence-corrected chi connectivity index (χ2v) is 6.52. The van der Waals surface area contributed by atoms with Gasteiger partial charge in [-0.2, -0.15) is 5.10 Å². The summed E-state index contributed by atoms with van der Waals surface area (Å²) in [6.07, 6.45) is 4.19. The predicted octanol–water partition coefficient (Wildman–Crippen LogP) is 2.23. The van der Waals surface area contributed by atoms with Crippen molar-refractivity contribution in [1.82, 2.24) is 20.0 Å². The largest absolute Gasteiger partial charge is 0.357 e. The molecule has 1 saturated heterocycles. The van der Waals surface area contributed by atoms with E-state index in [0.29, 0.717) is 18.5 Å². The van der Waals surface area contributed by atoms with Crippen LogP contribution in [0.3, 0.4) is 0 Å². The van der Waals surface area contributed by atoms with Crippen LogP contribution in [0.25, 0.3) is 5.69 Å². The van der Waals surface area contributed by atoms with Gasteiger partial charge in [0.15, 0.2) is 0 Å². The van der Waals surface area contributed by atoms with Crippen LogP contribution in [0.1, 0.15) is 40.9 Å². The number of carbonyl (C=O) groups is 2. The zero-order valence-electron chi connectivity index (χ0n) is 15.0. The Morgan fingerprint density at radius 3 is 2.56 bits per heavy atom. The Morgan fingerprint density at radius 1 is 1.16 bits per heavy atom. The van der Waals surface area contributed by atoms with E-state index >= 15 is 0 Å². The van der Waals surface area contributed by atoms with E-state index in [4.69, 9.17) is 0 Å². The summed E-state index contributed by atoms with van der Waals surface area (Å²) < 4.78 is 1.77. The molecule has 132 valence electrons. The summed E-state index contributed by atoms with van der Waals surface area (Å²) in [7, 11) is 1.61. The number of carbonyl (C=O) groups excluding carboxylic acids is 2. The Bertz CT molecular complexity index is 779. The van der Waals surface area contributed by atoms with Gasteiger partial charge in [-0.1, -0.05) is 17.7 Å². The van der Waals surface area contributed by atoms with Gasteiger partial charge in [-0.15, -0.1) is 0 Å². The monoisotopic (exact) mass is 340 g/mol. The van der Waals surface area contributed by atoms with Crippen LogP contribution in [0.5, 0.6) is 0 Å². The SMILES string of the molecule is CNC(=O)[C@H]1CCCCN1C(=O)c1cnn(-c2ccc(C)cc2)c1C. The first-order chi connectivity index (χ1) is 12.0. The quantitative estimate of drug-likeness (QED) is 0.932. The molecule has 6 heteroatoms. The summed E-state index contributed by atoms with van der Waals surface area (Å²) in [6, 6.07) is 7.61. The minimum Gasteiger partial charge on any atom is -0.357 e. The van der Waals surface area contributed by atoms with Crippen molar-refractivity contribution < 1.29 is 9.59 Å². The summed E-state index contributed by atoms with van der Waals surface area (Å²) in [5.41, 5.74) is 3.43. The highest BCUT2D eigenvalue weighted by Crippen LogP contribution is 2.22. The first kappa shape index (κ1) is 17.2. The fourth-order valence-corrected chi connectivity index (χ4v) is 3.33. The number of likely N-dealkylation sites (N-methyl/N-ethyl adjacent to an activating group) is 1. The molecule has 3 rings (SSSR count). The number of aromatic nitrogens is 2. The molecule has 0 bridgehead atoms. The second-order valence-electron chi connectivity index (χ2n) is 6.52. The Morgan fingerprint density at radius 2 is 1.88 bits per heavy atom. The number of piperidine rings is 1. The third-order valence-electron chi connectivity index (χ3n) is 4.83. The Hall–Kier alpha value is -2.63. The number of rotatable bonds is 3. The highest BCUT2D eigenvalue weighted by molar-refractivity contribution is 5.98. The maximum atomic E-state index is 13.0. The van der Waals surface area contributed by atoms with Gasteiger partial charge in [-0.05, 0) is 45.2 Å². The van der Waals surface area contributed by atoms with Crippen LogP contribution in [-0.2, 0) is 4.79 Å². The molecule has 1 aliphatic rings. The number of hydrogen-bond donors (Lipinski definition) is 1. The van der Waals surface area contributed by atoms with Crippen molar-refractivity contribution in [3.8, 4) is 5.69 Å². The molecular formula is C19H24N4O2. The lowest BCUT2D eigenvalue weighted by Gasteiger charge is -2.34. The van der Waals surface area contributed by atoms with E-state index in [9.17, 15) is 9.59 Å². The summed E-state index contributed by atoms with van der Waals surface area (Å²) in [5.74, 6) is -0.221. The molecule has 1 atom stereocenters. The van der Waals surface area contributed by atoms with Crippen LogP contribution >= 0.6 is 0 Å². The highest BCUT2D eigenvalue weighted by atomic mass is 16.2. The normalized spacial score (nSPS) is 17.4. The zero-order chi connectivity index (χ0) is 18.0. The predicted molar refractivity (Wildman–Crippen MR) is 95.8 cm³/mol. The standard InChI is InChI=1S/C19H24N4O2/c1-13-7-9-15(10-8-13)23-14(2)16(12-21-23)19(25)22-11-5-4-6-17(22)18(24)20-3/h7-10,12,17H,4-6,11H2,1-3H3,(H,20,24)/t17-/m1/s1. The first-order valence-electron chi connectivity index (χ1n) is 8.67. The topological polar surface area (TPSA) is 67.2 Å². The lowest BCUT2D eigenvalue weighted by Crippen LogP contribution is -2.51. The molecule has 0 spiro atoms. The number of nitrogens with one attached hydrogen (secondary N) is 1. The average molecular weight is 340 g/mol. The number of nitrogens with zero attached hydrogens (tertiary/aromatic N) is 3. The Balaban J connectivity index is 1.89. The van der Waals surface area contributed by atoms with E-state index in [2.05, 4.69) is 10.4 Å². The summed E-state index contributed by atoms with van der Waals surface area (Å²) >= 11 is 0. The van der Waals surface area contributed by atoms with Crippen LogP contribution in [0.2, 0.25) is 0 Å². The summed E-state index contributed by atoms with van der Waals surface area (Å²) in [5, 5.41) is 7.06. The maximum Gasteiger partial charge on any atom is 0.258 e. The molecule has 0 unspecified atom stereocenters. The molecule has 0 radical (unpaired) electrons. The van der Waals surface area contributed by atoms with Crippen LogP contribution in [-0.4, -0.2) is 46.1 Å². The van der Waals surface area contributed by atoms with E-state index in [1.807, 2.05) is 38.1 Å². The van der Waals surface area contributed by atoms with Crippen molar-refractivity contribution in [3.05, 3.63) is 47.3 Å². The van der Waals surface area contributed by atoms with Crippen molar-refractivity contribution in [3.63, 3.8) is 0 Å². The number of amides is 2. The molecule has 1 aliphatic heterocycles. The number of benzene rings is 1. The number of hydrogen-bond acceptors (Lipinski definition) is 3. The molecule has 1 aromatic heterocycles. The van der Waals surface area contributed by atoms with Crippen molar-refractivity contribution in [2.24, 2.45) is 0 Å². The van der Waals surface area contributed by atoms with E-state index in [0.717, 1.165) is 24.2 Å². The third kappa shape index (κ3) is 3.29. The van der Waals surface area contributed by atoms with Gasteiger partial charge in [-0.25, -0.2) is 4.68 Å². The van der Waals surface area contributed by atoms with Crippen LogP contribution in [0, 0.1) is 13.8 Å². The van der Waals surface area contributed by atoms with Gasteiger partial charge >= 0.3 is 0 Å². The maximum absolute atomic E-state index is 13.0. The van der Waals surface area contributed by atoms with Gasteiger partial charge in [0.25, 0.3) is 5.91 Å². The molecule has 0 saturated carbocycles. The molecule has 2 heterocycles. The minimum atomic E-state index is -0.395. The van der Waals surface area contributed by atoms with Gasteiger partial charge in [0, 0.05) is 13.6 Å². The molecule has 25 heavy (non-hydrogen) atoms. The van der Waals surface area contributed by atoms with E-state index < -0.39 is 6.04 Å². The molecular weight excluding hydrogens is 316 g/mol. The smallest absolute Gasteiger partial charge is 0.258 e. The third-order valence-corrected chi connectivity index (χ3v) is 4.83. The van der Waals surface area contributed by atoms with Crippen molar-refractivity contribution in [2.45, 2.75) is 39.2 Å². The Kier molecular flexibility index (Phi) is 4.88. The van der Waals surface area contributed by atoms with E-state index in [1.54, 1.807) is 22.8 Å². The minimum absolute atomic E-state index is 0.100. The van der Waals surface area contributed by atoms with Gasteiger partial charge in [0.2, 0.25) is 5.91 Å². The number of aryl methyl sites for hydroxylation is 1. The number of likely N-dealkylation sites (tertiary alicyclic amines) is 1.